The second-order valence-electron chi connectivity index (χ2n) is 12.6. The van der Waals surface area contributed by atoms with Gasteiger partial charge < -0.3 is 0 Å². The summed E-state index contributed by atoms with van der Waals surface area (Å²) in [6.07, 6.45) is -4.48. The summed E-state index contributed by atoms with van der Waals surface area (Å²) < 4.78 is 41.8. The molecule has 0 aliphatic heterocycles. The van der Waals surface area contributed by atoms with Crippen molar-refractivity contribution in [3.63, 3.8) is 0 Å². The molecular formula is C45H30F3N3. The first kappa shape index (κ1) is 31.8. The fraction of sp³-hybridized carbons (Fsp3) is 0.0444. The highest BCUT2D eigenvalue weighted by Gasteiger charge is 2.31. The highest BCUT2D eigenvalue weighted by Crippen LogP contribution is 2.37. The van der Waals surface area contributed by atoms with Gasteiger partial charge in [0.1, 0.15) is 0 Å². The Bertz CT molecular complexity index is 2530. The van der Waals surface area contributed by atoms with Crippen LogP contribution in [0.1, 0.15) is 11.1 Å². The Labute approximate surface area is 293 Å². The number of aryl methyl sites for hydroxylation is 1. The minimum absolute atomic E-state index is 0.415. The average Bonchev–Trinajstić information content (AvgIpc) is 3.17. The maximum Gasteiger partial charge on any atom is 0.416 e. The Kier molecular flexibility index (Phi) is 8.20. The maximum absolute atomic E-state index is 13.9. The van der Waals surface area contributed by atoms with Crippen molar-refractivity contribution in [1.82, 2.24) is 15.0 Å². The van der Waals surface area contributed by atoms with Gasteiger partial charge in [-0.25, -0.2) is 15.0 Å². The Morgan fingerprint density at radius 2 is 0.843 bits per heavy atom. The van der Waals surface area contributed by atoms with Gasteiger partial charge in [0.15, 0.2) is 17.5 Å². The van der Waals surface area contributed by atoms with Crippen molar-refractivity contribution in [2.45, 2.75) is 13.1 Å². The fourth-order valence-electron chi connectivity index (χ4n) is 6.39. The summed E-state index contributed by atoms with van der Waals surface area (Å²) >= 11 is 0. The van der Waals surface area contributed by atoms with Crippen LogP contribution in [-0.4, -0.2) is 15.0 Å². The molecule has 3 nitrogen and oxygen atoms in total. The van der Waals surface area contributed by atoms with E-state index in [0.29, 0.717) is 39.7 Å². The summed E-state index contributed by atoms with van der Waals surface area (Å²) in [6, 6.07) is 52.2. The minimum Gasteiger partial charge on any atom is -0.208 e. The van der Waals surface area contributed by atoms with E-state index in [1.54, 1.807) is 13.0 Å². The van der Waals surface area contributed by atoms with Crippen LogP contribution in [0.15, 0.2) is 164 Å². The lowest BCUT2D eigenvalue weighted by Gasteiger charge is -2.14. The van der Waals surface area contributed by atoms with Gasteiger partial charge in [0, 0.05) is 16.7 Å². The van der Waals surface area contributed by atoms with Crippen LogP contribution in [0.2, 0.25) is 0 Å². The molecule has 51 heavy (non-hydrogen) atoms. The van der Waals surface area contributed by atoms with Crippen LogP contribution >= 0.6 is 0 Å². The van der Waals surface area contributed by atoms with E-state index in [1.807, 2.05) is 103 Å². The van der Waals surface area contributed by atoms with E-state index < -0.39 is 11.7 Å². The van der Waals surface area contributed by atoms with Gasteiger partial charge in [-0.1, -0.05) is 121 Å². The Morgan fingerprint density at radius 1 is 0.353 bits per heavy atom. The third-order valence-corrected chi connectivity index (χ3v) is 8.91. The monoisotopic (exact) mass is 669 g/mol. The minimum atomic E-state index is -4.48. The number of halogens is 3. The summed E-state index contributed by atoms with van der Waals surface area (Å²) in [6.45, 7) is 1.68. The van der Waals surface area contributed by atoms with E-state index in [4.69, 9.17) is 15.0 Å². The van der Waals surface area contributed by atoms with Crippen molar-refractivity contribution in [1.29, 1.82) is 0 Å². The lowest BCUT2D eigenvalue weighted by molar-refractivity contribution is -0.137. The molecule has 0 spiro atoms. The number of benzene rings is 7. The van der Waals surface area contributed by atoms with Crippen LogP contribution in [0.3, 0.4) is 0 Å². The van der Waals surface area contributed by atoms with Crippen LogP contribution < -0.4 is 0 Å². The molecule has 0 unspecified atom stereocenters. The quantitative estimate of drug-likeness (QED) is 0.177. The van der Waals surface area contributed by atoms with Crippen molar-refractivity contribution in [2.24, 2.45) is 0 Å². The summed E-state index contributed by atoms with van der Waals surface area (Å²) in [4.78, 5) is 14.9. The van der Waals surface area contributed by atoms with E-state index in [1.165, 1.54) is 17.5 Å². The molecule has 0 N–H and O–H groups in total. The topological polar surface area (TPSA) is 38.7 Å². The lowest BCUT2D eigenvalue weighted by atomic mass is 9.94. The van der Waals surface area contributed by atoms with E-state index in [9.17, 15) is 13.2 Å². The third kappa shape index (κ3) is 6.77. The van der Waals surface area contributed by atoms with Gasteiger partial charge in [0.25, 0.3) is 0 Å². The van der Waals surface area contributed by atoms with Crippen molar-refractivity contribution in [2.75, 3.05) is 0 Å². The predicted molar refractivity (Wildman–Crippen MR) is 200 cm³/mol. The van der Waals surface area contributed by atoms with Crippen molar-refractivity contribution in [3.8, 4) is 67.5 Å². The number of aromatic nitrogens is 3. The molecule has 0 fully saturated rings. The molecule has 246 valence electrons. The van der Waals surface area contributed by atoms with Crippen LogP contribution in [0.5, 0.6) is 0 Å². The van der Waals surface area contributed by atoms with Gasteiger partial charge in [0.2, 0.25) is 0 Å². The standard InChI is InChI=1S/C45H30F3N3/c1-29-21-37(28-41(22-29)45(46,47)48)39-25-38(30-11-4-2-5-12-30)26-40(27-39)44-50-42(32-14-6-3-7-15-32)49-43(51-44)36-18-10-17-34(24-36)35-20-19-31-13-8-9-16-33(31)23-35/h2-28H,1H3. The molecule has 0 aliphatic rings. The second kappa shape index (κ2) is 13.1. The number of hydrogen-bond acceptors (Lipinski definition) is 3. The third-order valence-electron chi connectivity index (χ3n) is 8.91. The van der Waals surface area contributed by atoms with Crippen LogP contribution in [-0.2, 0) is 6.18 Å². The smallest absolute Gasteiger partial charge is 0.208 e. The predicted octanol–water partition coefficient (Wildman–Crippen LogP) is 12.4. The Morgan fingerprint density at radius 3 is 1.55 bits per heavy atom. The van der Waals surface area contributed by atoms with Gasteiger partial charge in [-0.3, -0.25) is 0 Å². The molecule has 6 heteroatoms. The van der Waals surface area contributed by atoms with E-state index in [0.717, 1.165) is 38.8 Å². The molecule has 8 aromatic rings. The van der Waals surface area contributed by atoms with E-state index in [-0.39, 0.29) is 0 Å². The van der Waals surface area contributed by atoms with Gasteiger partial charge in [-0.05, 0) is 99.1 Å². The highest BCUT2D eigenvalue weighted by molar-refractivity contribution is 5.88. The van der Waals surface area contributed by atoms with Crippen molar-refractivity contribution < 1.29 is 13.2 Å². The largest absolute Gasteiger partial charge is 0.416 e. The number of nitrogens with zero attached hydrogens (tertiary/aromatic N) is 3. The Balaban J connectivity index is 1.31. The van der Waals surface area contributed by atoms with Gasteiger partial charge >= 0.3 is 6.18 Å². The first-order valence-electron chi connectivity index (χ1n) is 16.6. The Hall–Kier alpha value is -6.40. The average molecular weight is 670 g/mol. The SMILES string of the molecule is Cc1cc(-c2cc(-c3ccccc3)cc(-c3nc(-c4ccccc4)nc(-c4cccc(-c5ccc6ccccc6c5)c4)n3)c2)cc(C(F)(F)F)c1. The summed E-state index contributed by atoms with van der Waals surface area (Å²) in [5.74, 6) is 1.40. The molecule has 1 aromatic heterocycles. The number of fused-ring (bicyclic) bond motifs is 1. The van der Waals surface area contributed by atoms with Crippen LogP contribution in [0, 0.1) is 6.92 Å². The van der Waals surface area contributed by atoms with Gasteiger partial charge in [-0.2, -0.15) is 13.2 Å². The fourth-order valence-corrected chi connectivity index (χ4v) is 6.39. The molecule has 0 aliphatic carbocycles. The maximum atomic E-state index is 13.9. The zero-order chi connectivity index (χ0) is 35.0. The zero-order valence-electron chi connectivity index (χ0n) is 27.6. The van der Waals surface area contributed by atoms with Crippen molar-refractivity contribution >= 4 is 10.8 Å². The molecule has 0 saturated carbocycles. The molecule has 0 bridgehead atoms. The molecule has 0 amide bonds. The lowest BCUT2D eigenvalue weighted by Crippen LogP contribution is -2.05. The van der Waals surface area contributed by atoms with Gasteiger partial charge in [0.05, 0.1) is 5.56 Å². The van der Waals surface area contributed by atoms with Crippen LogP contribution in [0.25, 0.3) is 78.3 Å². The summed E-state index contributed by atoms with van der Waals surface area (Å²) in [5.41, 5.74) is 7.06. The molecule has 0 saturated heterocycles. The normalized spacial score (nSPS) is 11.5. The number of hydrogen-bond donors (Lipinski definition) is 0. The second-order valence-corrected chi connectivity index (χ2v) is 12.6. The van der Waals surface area contributed by atoms with Crippen molar-refractivity contribution in [3.05, 3.63) is 175 Å². The first-order valence-corrected chi connectivity index (χ1v) is 16.6. The van der Waals surface area contributed by atoms with Crippen LogP contribution in [0.4, 0.5) is 13.2 Å². The molecule has 0 radical (unpaired) electrons. The highest BCUT2D eigenvalue weighted by atomic mass is 19.4. The van der Waals surface area contributed by atoms with E-state index in [2.05, 4.69) is 42.5 Å². The molecule has 8 rings (SSSR count). The first-order chi connectivity index (χ1) is 24.8. The number of rotatable bonds is 6. The summed E-state index contributed by atoms with van der Waals surface area (Å²) in [5, 5.41) is 2.32. The molecule has 0 atom stereocenters. The molecule has 1 heterocycles. The van der Waals surface area contributed by atoms with E-state index >= 15 is 0 Å². The molecular weight excluding hydrogens is 640 g/mol. The van der Waals surface area contributed by atoms with Gasteiger partial charge in [-0.15, -0.1) is 0 Å². The zero-order valence-corrected chi connectivity index (χ0v) is 27.6. The molecule has 7 aromatic carbocycles. The number of alkyl halides is 3. The summed E-state index contributed by atoms with van der Waals surface area (Å²) in [7, 11) is 0.